The highest BCUT2D eigenvalue weighted by Crippen LogP contribution is 2.42. The number of hydrogen-bond acceptors (Lipinski definition) is 6. The smallest absolute Gasteiger partial charge is 0.411 e. The van der Waals surface area contributed by atoms with Crippen LogP contribution >= 0.6 is 23.1 Å². The minimum Gasteiger partial charge on any atom is -0.497 e. The first-order valence-corrected chi connectivity index (χ1v) is 7.98. The van der Waals surface area contributed by atoms with Gasteiger partial charge in [-0.2, -0.15) is 0 Å². The third kappa shape index (κ3) is 2.88. The van der Waals surface area contributed by atoms with Crippen molar-refractivity contribution in [2.24, 2.45) is 5.73 Å². The lowest BCUT2D eigenvalue weighted by atomic mass is 10.3. The average Bonchev–Trinajstić information content (AvgIpc) is 2.96. The first-order chi connectivity index (χ1) is 10.6. The molecule has 1 amide bonds. The maximum absolute atomic E-state index is 11.1. The summed E-state index contributed by atoms with van der Waals surface area (Å²) in [5.41, 5.74) is 5.90. The summed E-state index contributed by atoms with van der Waals surface area (Å²) in [5.74, 6) is 1.07. The number of carbonyl (C=O) groups is 1. The third-order valence-electron chi connectivity index (χ3n) is 2.85. The molecule has 22 heavy (non-hydrogen) atoms. The highest BCUT2D eigenvalue weighted by atomic mass is 32.2. The summed E-state index contributed by atoms with van der Waals surface area (Å²) in [6.45, 7) is 1.92. The number of hydrogen-bond donors (Lipinski definition) is 2. The summed E-state index contributed by atoms with van der Waals surface area (Å²) in [6.07, 6.45) is -0.863. The Morgan fingerprint density at radius 1 is 1.45 bits per heavy atom. The van der Waals surface area contributed by atoms with Gasteiger partial charge in [0.15, 0.2) is 0 Å². The first kappa shape index (κ1) is 14.7. The highest BCUT2D eigenvalue weighted by molar-refractivity contribution is 7.99. The van der Waals surface area contributed by atoms with Crippen LogP contribution in [0.15, 0.2) is 34.1 Å². The van der Waals surface area contributed by atoms with Gasteiger partial charge in [-0.1, -0.05) is 17.8 Å². The van der Waals surface area contributed by atoms with E-state index in [-0.39, 0.29) is 0 Å². The van der Waals surface area contributed by atoms with Gasteiger partial charge in [0, 0.05) is 4.90 Å². The highest BCUT2D eigenvalue weighted by Gasteiger charge is 2.19. The van der Waals surface area contributed by atoms with Crippen molar-refractivity contribution in [3.05, 3.63) is 29.3 Å². The van der Waals surface area contributed by atoms with Gasteiger partial charge >= 0.3 is 6.09 Å². The molecule has 2 aromatic heterocycles. The normalized spacial score (nSPS) is 10.8. The number of fused-ring (bicyclic) bond motifs is 1. The predicted molar refractivity (Wildman–Crippen MR) is 86.0 cm³/mol. The lowest BCUT2D eigenvalue weighted by Crippen LogP contribution is -2.16. The number of nitrogens with zero attached hydrogens (tertiary/aromatic N) is 1. The molecule has 0 bridgehead atoms. The maximum atomic E-state index is 11.1. The van der Waals surface area contributed by atoms with Crippen LogP contribution in [0.1, 0.15) is 5.01 Å². The van der Waals surface area contributed by atoms with E-state index < -0.39 is 6.09 Å². The van der Waals surface area contributed by atoms with E-state index in [0.717, 1.165) is 30.9 Å². The van der Waals surface area contributed by atoms with Crippen molar-refractivity contribution in [1.82, 2.24) is 9.97 Å². The van der Waals surface area contributed by atoms with Crippen molar-refractivity contribution < 1.29 is 14.3 Å². The van der Waals surface area contributed by atoms with Crippen LogP contribution in [0.2, 0.25) is 0 Å². The molecular formula is C14H13N3O3S2. The van der Waals surface area contributed by atoms with E-state index in [4.69, 9.17) is 15.2 Å². The second kappa shape index (κ2) is 5.90. The Kier molecular flexibility index (Phi) is 3.95. The molecule has 114 valence electrons. The van der Waals surface area contributed by atoms with Gasteiger partial charge in [0.1, 0.15) is 21.0 Å². The topological polar surface area (TPSA) is 90.2 Å². The number of aromatic amines is 1. The summed E-state index contributed by atoms with van der Waals surface area (Å²) < 4.78 is 10.3. The fourth-order valence-corrected chi connectivity index (χ4v) is 3.85. The molecule has 3 N–H and O–H groups in total. The van der Waals surface area contributed by atoms with E-state index >= 15 is 0 Å². The van der Waals surface area contributed by atoms with Gasteiger partial charge < -0.3 is 20.2 Å². The molecule has 0 saturated carbocycles. The molecule has 6 nitrogen and oxygen atoms in total. The number of aromatic nitrogens is 2. The molecule has 1 aromatic carbocycles. The van der Waals surface area contributed by atoms with Crippen molar-refractivity contribution in [2.45, 2.75) is 16.7 Å². The predicted octanol–water partition coefficient (Wildman–Crippen LogP) is 3.55. The Hall–Kier alpha value is -2.19. The molecule has 0 unspecified atom stereocenters. The summed E-state index contributed by atoms with van der Waals surface area (Å²) in [5, 5.41) is 0.930. The second-order valence-corrected chi connectivity index (χ2v) is 6.68. The van der Waals surface area contributed by atoms with E-state index in [9.17, 15) is 4.79 Å². The van der Waals surface area contributed by atoms with Crippen LogP contribution in [0.3, 0.4) is 0 Å². The van der Waals surface area contributed by atoms with Crippen LogP contribution in [0.5, 0.6) is 11.6 Å². The van der Waals surface area contributed by atoms with Crippen LogP contribution in [-0.2, 0) is 0 Å². The number of rotatable bonds is 4. The monoisotopic (exact) mass is 335 g/mol. The van der Waals surface area contributed by atoms with Gasteiger partial charge in [-0.3, -0.25) is 0 Å². The van der Waals surface area contributed by atoms with Crippen LogP contribution in [0, 0.1) is 6.92 Å². The third-order valence-corrected chi connectivity index (χ3v) is 4.80. The molecule has 0 spiro atoms. The molecule has 0 aliphatic rings. The Labute approximate surface area is 134 Å². The maximum Gasteiger partial charge on any atom is 0.411 e. The van der Waals surface area contributed by atoms with Crippen LogP contribution < -0.4 is 15.2 Å². The molecular weight excluding hydrogens is 322 g/mol. The van der Waals surface area contributed by atoms with Gasteiger partial charge in [0.05, 0.1) is 12.1 Å². The quantitative estimate of drug-likeness (QED) is 0.761. The summed E-state index contributed by atoms with van der Waals surface area (Å²) in [6, 6.07) is 7.60. The lowest BCUT2D eigenvalue weighted by Gasteiger charge is -2.05. The number of benzene rings is 1. The Bertz CT molecular complexity index is 841. The second-order valence-electron chi connectivity index (χ2n) is 4.40. The number of carbonyl (C=O) groups excluding carboxylic acids is 1. The van der Waals surface area contributed by atoms with Gasteiger partial charge in [-0.05, 0) is 25.1 Å². The lowest BCUT2D eigenvalue weighted by molar-refractivity contribution is 0.208. The molecule has 0 radical (unpaired) electrons. The number of amides is 1. The molecule has 8 heteroatoms. The SMILES string of the molecule is COc1cccc(Sc2c(OC(N)=O)[nH]c3sc(C)nc23)c1. The number of H-pyrrole nitrogens is 1. The molecule has 2 heterocycles. The number of aryl methyl sites for hydroxylation is 1. The Morgan fingerprint density at radius 2 is 2.27 bits per heavy atom. The summed E-state index contributed by atoms with van der Waals surface area (Å²) in [7, 11) is 1.61. The van der Waals surface area contributed by atoms with Gasteiger partial charge in [0.2, 0.25) is 5.88 Å². The molecule has 0 fully saturated rings. The zero-order valence-electron chi connectivity index (χ0n) is 11.9. The van der Waals surface area contributed by atoms with Crippen LogP contribution in [0.25, 0.3) is 10.3 Å². The van der Waals surface area contributed by atoms with Gasteiger partial charge in [-0.25, -0.2) is 9.78 Å². The number of thiazole rings is 1. The molecule has 0 atom stereocenters. The minimum atomic E-state index is -0.863. The fraction of sp³-hybridized carbons (Fsp3) is 0.143. The van der Waals surface area contributed by atoms with Crippen molar-refractivity contribution in [1.29, 1.82) is 0 Å². The number of nitrogens with two attached hydrogens (primary N) is 1. The molecule has 0 aliphatic heterocycles. The zero-order valence-corrected chi connectivity index (χ0v) is 13.5. The summed E-state index contributed by atoms with van der Waals surface area (Å²) in [4.78, 5) is 21.1. The van der Waals surface area contributed by atoms with Crippen LogP contribution in [-0.4, -0.2) is 23.2 Å². The largest absolute Gasteiger partial charge is 0.497 e. The van der Waals surface area contributed by atoms with E-state index in [0.29, 0.717) is 5.88 Å². The average molecular weight is 335 g/mol. The number of methoxy groups -OCH3 is 1. The molecule has 0 aliphatic carbocycles. The number of primary amides is 1. The van der Waals surface area contributed by atoms with Crippen molar-refractivity contribution >= 4 is 39.5 Å². The molecule has 3 rings (SSSR count). The Balaban J connectivity index is 2.04. The van der Waals surface area contributed by atoms with Crippen molar-refractivity contribution in [3.63, 3.8) is 0 Å². The zero-order chi connectivity index (χ0) is 15.7. The standard InChI is InChI=1S/C14H13N3O3S2/c1-7-16-10-11(12(20-14(15)18)17-13(10)21-7)22-9-5-3-4-8(6-9)19-2/h3-6,17H,1-2H3,(H2,15,18). The van der Waals surface area contributed by atoms with Crippen molar-refractivity contribution in [2.75, 3.05) is 7.11 Å². The first-order valence-electron chi connectivity index (χ1n) is 6.35. The van der Waals surface area contributed by atoms with E-state index in [1.807, 2.05) is 31.2 Å². The van der Waals surface area contributed by atoms with E-state index in [1.165, 1.54) is 23.1 Å². The summed E-state index contributed by atoms with van der Waals surface area (Å²) >= 11 is 2.93. The Morgan fingerprint density at radius 3 is 3.00 bits per heavy atom. The fourth-order valence-electron chi connectivity index (χ4n) is 1.98. The van der Waals surface area contributed by atoms with Crippen LogP contribution in [0.4, 0.5) is 4.79 Å². The molecule has 0 saturated heterocycles. The van der Waals surface area contributed by atoms with Gasteiger partial charge in [0.25, 0.3) is 0 Å². The van der Waals surface area contributed by atoms with E-state index in [2.05, 4.69) is 9.97 Å². The minimum absolute atomic E-state index is 0.314. The van der Waals surface area contributed by atoms with Gasteiger partial charge in [-0.15, -0.1) is 11.3 Å². The molecule has 3 aromatic rings. The van der Waals surface area contributed by atoms with Crippen molar-refractivity contribution in [3.8, 4) is 11.6 Å². The van der Waals surface area contributed by atoms with E-state index in [1.54, 1.807) is 7.11 Å². The number of nitrogens with one attached hydrogen (secondary N) is 1. The number of ether oxygens (including phenoxy) is 2.